The van der Waals surface area contributed by atoms with Gasteiger partial charge in [0.15, 0.2) is 0 Å². The van der Waals surface area contributed by atoms with Crippen molar-refractivity contribution in [2.75, 3.05) is 19.0 Å². The van der Waals surface area contributed by atoms with Crippen LogP contribution in [0.3, 0.4) is 0 Å². The second kappa shape index (κ2) is 19.6. The van der Waals surface area contributed by atoms with Crippen molar-refractivity contribution in [1.82, 2.24) is 0 Å². The molecule has 0 aromatic carbocycles. The molecule has 0 aliphatic rings. The van der Waals surface area contributed by atoms with Crippen molar-refractivity contribution in [2.45, 2.75) is 116 Å². The Hall–Kier alpha value is -0.130. The summed E-state index contributed by atoms with van der Waals surface area (Å²) in [5.74, 6) is -0.0810. The summed E-state index contributed by atoms with van der Waals surface area (Å²) in [5.41, 5.74) is 0. The highest BCUT2D eigenvalue weighted by molar-refractivity contribution is 7.86. The van der Waals surface area contributed by atoms with Gasteiger partial charge in [0.1, 0.15) is 0 Å². The molecule has 0 amide bonds. The largest absolute Gasteiger partial charge is 0.396 e. The zero-order chi connectivity index (χ0) is 19.3. The van der Waals surface area contributed by atoms with E-state index < -0.39 is 10.1 Å². The van der Waals surface area contributed by atoms with Crippen LogP contribution in [0.2, 0.25) is 0 Å². The van der Waals surface area contributed by atoms with Crippen molar-refractivity contribution in [3.63, 3.8) is 0 Å². The minimum Gasteiger partial charge on any atom is -0.396 e. The summed E-state index contributed by atoms with van der Waals surface area (Å²) in [7, 11) is -3.42. The van der Waals surface area contributed by atoms with E-state index in [1.54, 1.807) is 0 Å². The lowest BCUT2D eigenvalue weighted by atomic mass is 10.0. The fourth-order valence-electron chi connectivity index (χ4n) is 3.14. The molecule has 0 saturated carbocycles. The van der Waals surface area contributed by atoms with Gasteiger partial charge in [-0.25, -0.2) is 0 Å². The second-order valence-electron chi connectivity index (χ2n) is 7.46. The zero-order valence-corrected chi connectivity index (χ0v) is 18.0. The van der Waals surface area contributed by atoms with E-state index in [9.17, 15) is 8.42 Å². The van der Waals surface area contributed by atoms with Crippen molar-refractivity contribution < 1.29 is 17.7 Å². The molecule has 0 unspecified atom stereocenters. The Kier molecular flexibility index (Phi) is 19.5. The molecule has 0 aromatic heterocycles. The van der Waals surface area contributed by atoms with Crippen molar-refractivity contribution in [3.8, 4) is 0 Å². The van der Waals surface area contributed by atoms with Crippen molar-refractivity contribution in [2.24, 2.45) is 0 Å². The fraction of sp³-hybridized carbons (Fsp3) is 1.00. The first-order valence-corrected chi connectivity index (χ1v) is 12.7. The van der Waals surface area contributed by atoms with E-state index in [1.165, 1.54) is 83.5 Å². The maximum Gasteiger partial charge on any atom is 0.267 e. The highest BCUT2D eigenvalue weighted by atomic mass is 32.2. The van der Waals surface area contributed by atoms with Gasteiger partial charge in [0.25, 0.3) is 10.1 Å². The van der Waals surface area contributed by atoms with Gasteiger partial charge >= 0.3 is 0 Å². The third-order valence-electron chi connectivity index (χ3n) is 4.81. The van der Waals surface area contributed by atoms with Crippen LogP contribution in [0.5, 0.6) is 0 Å². The van der Waals surface area contributed by atoms with Crippen LogP contribution in [0.15, 0.2) is 0 Å². The van der Waals surface area contributed by atoms with Gasteiger partial charge in [-0.05, 0) is 12.8 Å². The highest BCUT2D eigenvalue weighted by Crippen LogP contribution is 2.13. The molecule has 0 heterocycles. The molecule has 0 radical (unpaired) electrons. The predicted octanol–water partition coefficient (Wildman–Crippen LogP) is 5.98. The Morgan fingerprint density at radius 1 is 0.615 bits per heavy atom. The van der Waals surface area contributed by atoms with Gasteiger partial charge in [-0.1, -0.05) is 103 Å². The van der Waals surface area contributed by atoms with E-state index in [0.29, 0.717) is 0 Å². The number of rotatable bonds is 21. The molecule has 0 saturated heterocycles. The van der Waals surface area contributed by atoms with Crippen LogP contribution in [0.25, 0.3) is 0 Å². The topological polar surface area (TPSA) is 63.6 Å². The highest BCUT2D eigenvalue weighted by Gasteiger charge is 2.09. The Bertz CT molecular complexity index is 368. The summed E-state index contributed by atoms with van der Waals surface area (Å²) in [4.78, 5) is 0. The smallest absolute Gasteiger partial charge is 0.267 e. The summed E-state index contributed by atoms with van der Waals surface area (Å²) in [5, 5.41) is 8.63. The molecule has 0 aliphatic carbocycles. The van der Waals surface area contributed by atoms with Gasteiger partial charge in [-0.3, -0.25) is 4.18 Å². The lowest BCUT2D eigenvalue weighted by Crippen LogP contribution is -2.12. The first-order valence-electron chi connectivity index (χ1n) is 11.1. The molecule has 5 heteroatoms. The molecule has 26 heavy (non-hydrogen) atoms. The molecule has 0 spiro atoms. The summed E-state index contributed by atoms with van der Waals surface area (Å²) >= 11 is 0. The fourth-order valence-corrected chi connectivity index (χ4v) is 4.11. The molecule has 0 aliphatic heterocycles. The Balaban J connectivity index is 3.16. The minimum absolute atomic E-state index is 0.0810. The van der Waals surface area contributed by atoms with Crippen LogP contribution in [0.1, 0.15) is 116 Å². The minimum atomic E-state index is -3.42. The maximum atomic E-state index is 11.4. The van der Waals surface area contributed by atoms with Crippen LogP contribution in [-0.2, 0) is 14.3 Å². The van der Waals surface area contributed by atoms with E-state index in [4.69, 9.17) is 9.29 Å². The van der Waals surface area contributed by atoms with Crippen molar-refractivity contribution in [3.05, 3.63) is 0 Å². The Morgan fingerprint density at radius 3 is 1.38 bits per heavy atom. The average Bonchev–Trinajstić information content (AvgIpc) is 2.62. The predicted molar refractivity (Wildman–Crippen MR) is 111 cm³/mol. The van der Waals surface area contributed by atoms with Gasteiger partial charge in [-0.15, -0.1) is 0 Å². The number of aliphatic hydroxyl groups is 1. The molecule has 0 rings (SSSR count). The number of hydrogen-bond donors (Lipinski definition) is 1. The normalized spacial score (nSPS) is 11.9. The Morgan fingerprint density at radius 2 is 1.00 bits per heavy atom. The summed E-state index contributed by atoms with van der Waals surface area (Å²) in [6, 6.07) is 0. The average molecular weight is 393 g/mol. The standard InChI is InChI=1S/C21H44O4S/c1-2-3-4-5-6-7-8-9-10-11-12-13-14-15-16-17-20-25-26(23,24)21-18-19-22/h22H,2-21H2,1H3. The van der Waals surface area contributed by atoms with Crippen LogP contribution in [-0.4, -0.2) is 32.5 Å². The van der Waals surface area contributed by atoms with Crippen LogP contribution >= 0.6 is 0 Å². The second-order valence-corrected chi connectivity index (χ2v) is 9.22. The molecular formula is C21H44O4S. The van der Waals surface area contributed by atoms with Crippen LogP contribution in [0, 0.1) is 0 Å². The molecule has 0 aromatic rings. The first-order chi connectivity index (χ1) is 12.6. The lowest BCUT2D eigenvalue weighted by Gasteiger charge is -2.05. The maximum absolute atomic E-state index is 11.4. The van der Waals surface area contributed by atoms with Gasteiger partial charge < -0.3 is 5.11 Å². The van der Waals surface area contributed by atoms with Crippen molar-refractivity contribution in [1.29, 1.82) is 0 Å². The number of unbranched alkanes of at least 4 members (excludes halogenated alkanes) is 15. The summed E-state index contributed by atoms with van der Waals surface area (Å²) in [6.07, 6.45) is 21.1. The number of hydrogen-bond acceptors (Lipinski definition) is 4. The third-order valence-corrected chi connectivity index (χ3v) is 6.13. The Labute approximate surface area is 163 Å². The molecule has 0 bridgehead atoms. The molecule has 0 fully saturated rings. The van der Waals surface area contributed by atoms with Gasteiger partial charge in [0.05, 0.1) is 12.4 Å². The quantitative estimate of drug-likeness (QED) is 0.193. The SMILES string of the molecule is CCCCCCCCCCCCCCCCCCOS(=O)(=O)CCCO. The van der Waals surface area contributed by atoms with E-state index in [0.717, 1.165) is 19.3 Å². The molecule has 4 nitrogen and oxygen atoms in total. The monoisotopic (exact) mass is 392 g/mol. The number of aliphatic hydroxyl groups excluding tert-OH is 1. The molecule has 1 N–H and O–H groups in total. The third kappa shape index (κ3) is 20.2. The summed E-state index contributed by atoms with van der Waals surface area (Å²) in [6.45, 7) is 2.44. The van der Waals surface area contributed by atoms with E-state index in [2.05, 4.69) is 6.92 Å². The van der Waals surface area contributed by atoms with E-state index >= 15 is 0 Å². The first kappa shape index (κ1) is 25.9. The van der Waals surface area contributed by atoms with E-state index in [1.807, 2.05) is 0 Å². The molecular weight excluding hydrogens is 348 g/mol. The summed E-state index contributed by atoms with van der Waals surface area (Å²) < 4.78 is 27.7. The lowest BCUT2D eigenvalue weighted by molar-refractivity contribution is 0.283. The van der Waals surface area contributed by atoms with Gasteiger partial charge in [0.2, 0.25) is 0 Å². The van der Waals surface area contributed by atoms with Gasteiger partial charge in [-0.2, -0.15) is 8.42 Å². The van der Waals surface area contributed by atoms with Gasteiger partial charge in [0, 0.05) is 6.61 Å². The van der Waals surface area contributed by atoms with E-state index in [-0.39, 0.29) is 25.4 Å². The van der Waals surface area contributed by atoms with Crippen molar-refractivity contribution >= 4 is 10.1 Å². The zero-order valence-electron chi connectivity index (χ0n) is 17.2. The molecule has 158 valence electrons. The molecule has 0 atom stereocenters. The van der Waals surface area contributed by atoms with Crippen LogP contribution in [0.4, 0.5) is 0 Å². The van der Waals surface area contributed by atoms with Crippen LogP contribution < -0.4 is 0 Å².